The largest absolute Gasteiger partial charge is 0.285 e. The fraction of sp³-hybridized carbons (Fsp3) is 0.263. The van der Waals surface area contributed by atoms with Crippen molar-refractivity contribution in [2.45, 2.75) is 23.6 Å². The first-order valence-electron chi connectivity index (χ1n) is 8.41. The van der Waals surface area contributed by atoms with Crippen LogP contribution < -0.4 is 0 Å². The fourth-order valence-electron chi connectivity index (χ4n) is 2.70. The van der Waals surface area contributed by atoms with E-state index in [-0.39, 0.29) is 16.6 Å². The maximum Gasteiger partial charge on any atom is 0.285 e. The van der Waals surface area contributed by atoms with E-state index in [2.05, 4.69) is 9.50 Å². The summed E-state index contributed by atoms with van der Waals surface area (Å²) in [5, 5.41) is 6.06. The molecule has 5 nitrogen and oxygen atoms in total. The van der Waals surface area contributed by atoms with Gasteiger partial charge in [-0.1, -0.05) is 32.0 Å². The van der Waals surface area contributed by atoms with Gasteiger partial charge in [-0.3, -0.25) is 0 Å². The van der Waals surface area contributed by atoms with Crippen molar-refractivity contribution in [2.75, 3.05) is 12.8 Å². The second-order valence-electron chi connectivity index (χ2n) is 6.50. The van der Waals surface area contributed by atoms with Gasteiger partial charge in [0.15, 0.2) is 5.84 Å². The number of halogens is 1. The summed E-state index contributed by atoms with van der Waals surface area (Å²) in [5.41, 5.74) is 1.27. The number of amidine groups is 1. The zero-order valence-corrected chi connectivity index (χ0v) is 16.9. The lowest BCUT2D eigenvalue weighted by Crippen LogP contribution is -2.29. The molecular formula is C19H20FN3O2S2. The number of benzene rings is 2. The molecule has 8 heteroatoms. The van der Waals surface area contributed by atoms with Gasteiger partial charge in [0.25, 0.3) is 10.0 Å². The van der Waals surface area contributed by atoms with Crippen LogP contribution in [0.2, 0.25) is 0 Å². The maximum atomic E-state index is 13.7. The van der Waals surface area contributed by atoms with Crippen LogP contribution in [0.5, 0.6) is 0 Å². The zero-order chi connectivity index (χ0) is 19.6. The third kappa shape index (κ3) is 4.22. The molecule has 0 bridgehead atoms. The van der Waals surface area contributed by atoms with Crippen LogP contribution in [0.15, 0.2) is 61.8 Å². The van der Waals surface area contributed by atoms with Crippen molar-refractivity contribution in [2.24, 2.45) is 15.4 Å². The highest BCUT2D eigenvalue weighted by molar-refractivity contribution is 7.98. The van der Waals surface area contributed by atoms with E-state index in [1.807, 2.05) is 13.8 Å². The van der Waals surface area contributed by atoms with E-state index in [0.717, 1.165) is 5.56 Å². The van der Waals surface area contributed by atoms with E-state index < -0.39 is 10.0 Å². The summed E-state index contributed by atoms with van der Waals surface area (Å²) in [5.74, 6) is 0.261. The Hall–Kier alpha value is -2.19. The quantitative estimate of drug-likeness (QED) is 0.429. The molecule has 0 saturated carbocycles. The van der Waals surface area contributed by atoms with E-state index in [0.29, 0.717) is 22.8 Å². The number of fused-ring (bicyclic) bond motifs is 1. The minimum atomic E-state index is -3.72. The SMILES string of the molecule is CSc1cc(/C=N/N(CC(C)C)C2=NS(=O)(=O)c3ccccc32)ccc1F. The summed E-state index contributed by atoms with van der Waals surface area (Å²) < 4.78 is 42.3. The van der Waals surface area contributed by atoms with E-state index in [1.54, 1.807) is 53.9 Å². The molecular weight excluding hydrogens is 385 g/mol. The van der Waals surface area contributed by atoms with Crippen molar-refractivity contribution >= 4 is 33.8 Å². The Morgan fingerprint density at radius 2 is 2.00 bits per heavy atom. The van der Waals surface area contributed by atoms with Crippen LogP contribution in [-0.4, -0.2) is 38.3 Å². The Kier molecular flexibility index (Phi) is 5.67. The van der Waals surface area contributed by atoms with Crippen LogP contribution in [0.25, 0.3) is 0 Å². The molecule has 2 aromatic rings. The third-order valence-electron chi connectivity index (χ3n) is 3.92. The molecule has 0 unspecified atom stereocenters. The number of sulfonamides is 1. The van der Waals surface area contributed by atoms with Crippen LogP contribution in [0, 0.1) is 11.7 Å². The first kappa shape index (κ1) is 19.6. The highest BCUT2D eigenvalue weighted by atomic mass is 32.2. The molecule has 1 aliphatic heterocycles. The lowest BCUT2D eigenvalue weighted by Gasteiger charge is -2.21. The molecule has 0 amide bonds. The summed E-state index contributed by atoms with van der Waals surface area (Å²) in [7, 11) is -3.72. The van der Waals surface area contributed by atoms with E-state index in [4.69, 9.17) is 0 Å². The van der Waals surface area contributed by atoms with Crippen LogP contribution in [-0.2, 0) is 10.0 Å². The van der Waals surface area contributed by atoms with Crippen molar-refractivity contribution in [1.29, 1.82) is 0 Å². The number of rotatable bonds is 5. The molecule has 0 radical (unpaired) electrons. The van der Waals surface area contributed by atoms with Crippen LogP contribution >= 0.6 is 11.8 Å². The molecule has 142 valence electrons. The Balaban J connectivity index is 1.99. The Labute approximate surface area is 163 Å². The Morgan fingerprint density at radius 3 is 2.70 bits per heavy atom. The topological polar surface area (TPSA) is 62.1 Å². The van der Waals surface area contributed by atoms with Crippen LogP contribution in [0.1, 0.15) is 25.0 Å². The molecule has 0 fully saturated rings. The van der Waals surface area contributed by atoms with Gasteiger partial charge in [-0.2, -0.15) is 13.5 Å². The second-order valence-corrected chi connectivity index (χ2v) is 8.92. The van der Waals surface area contributed by atoms with Gasteiger partial charge in [0.05, 0.1) is 6.21 Å². The molecule has 1 heterocycles. The standard InChI is InChI=1S/C19H20FN3O2S2/c1-13(2)12-23(21-11-14-8-9-16(20)17(10-14)26-3)19-15-6-4-5-7-18(15)27(24,25)22-19/h4-11,13H,12H2,1-3H3/b21-11+. The van der Waals surface area contributed by atoms with Gasteiger partial charge in [-0.15, -0.1) is 16.2 Å². The summed E-state index contributed by atoms with van der Waals surface area (Å²) in [6, 6.07) is 11.5. The van der Waals surface area contributed by atoms with Crippen molar-refractivity contribution in [3.63, 3.8) is 0 Å². The summed E-state index contributed by atoms with van der Waals surface area (Å²) in [6.45, 7) is 4.53. The van der Waals surface area contributed by atoms with E-state index in [9.17, 15) is 12.8 Å². The van der Waals surface area contributed by atoms with Gasteiger partial charge in [-0.25, -0.2) is 9.40 Å². The van der Waals surface area contributed by atoms with Gasteiger partial charge in [0.1, 0.15) is 10.7 Å². The average Bonchev–Trinajstić information content (AvgIpc) is 2.91. The smallest absolute Gasteiger partial charge is 0.246 e. The summed E-state index contributed by atoms with van der Waals surface area (Å²) in [4.78, 5) is 0.718. The summed E-state index contributed by atoms with van der Waals surface area (Å²) in [6.07, 6.45) is 3.40. The van der Waals surface area contributed by atoms with Gasteiger partial charge in [0.2, 0.25) is 0 Å². The van der Waals surface area contributed by atoms with E-state index >= 15 is 0 Å². The van der Waals surface area contributed by atoms with E-state index in [1.165, 1.54) is 17.8 Å². The highest BCUT2D eigenvalue weighted by Crippen LogP contribution is 2.28. The maximum absolute atomic E-state index is 13.7. The predicted octanol–water partition coefficient (Wildman–Crippen LogP) is 3.99. The molecule has 0 saturated heterocycles. The third-order valence-corrected chi connectivity index (χ3v) is 5.99. The molecule has 0 aliphatic carbocycles. The summed E-state index contributed by atoms with van der Waals surface area (Å²) >= 11 is 1.32. The minimum absolute atomic E-state index is 0.190. The Bertz CT molecular complexity index is 1020. The molecule has 3 rings (SSSR count). The van der Waals surface area contributed by atoms with Crippen molar-refractivity contribution < 1.29 is 12.8 Å². The number of thioether (sulfide) groups is 1. The zero-order valence-electron chi connectivity index (χ0n) is 15.3. The Morgan fingerprint density at radius 1 is 1.26 bits per heavy atom. The van der Waals surface area contributed by atoms with Gasteiger partial charge >= 0.3 is 0 Å². The number of hydrogen-bond acceptors (Lipinski definition) is 5. The predicted molar refractivity (Wildman–Crippen MR) is 107 cm³/mol. The first-order valence-corrected chi connectivity index (χ1v) is 11.1. The number of nitrogens with zero attached hydrogens (tertiary/aromatic N) is 3. The fourth-order valence-corrected chi connectivity index (χ4v) is 4.43. The normalized spacial score (nSPS) is 15.2. The van der Waals surface area contributed by atoms with Crippen LogP contribution in [0.4, 0.5) is 4.39 Å². The lowest BCUT2D eigenvalue weighted by molar-refractivity contribution is 0.386. The molecule has 0 spiro atoms. The molecule has 0 aromatic heterocycles. The second kappa shape index (κ2) is 7.82. The van der Waals surface area contributed by atoms with Gasteiger partial charge < -0.3 is 0 Å². The average molecular weight is 406 g/mol. The monoisotopic (exact) mass is 405 g/mol. The highest BCUT2D eigenvalue weighted by Gasteiger charge is 2.31. The van der Waals surface area contributed by atoms with Crippen molar-refractivity contribution in [3.05, 3.63) is 59.4 Å². The van der Waals surface area contributed by atoms with Crippen LogP contribution in [0.3, 0.4) is 0 Å². The van der Waals surface area contributed by atoms with Crippen molar-refractivity contribution in [1.82, 2.24) is 5.01 Å². The lowest BCUT2D eigenvalue weighted by atomic mass is 10.1. The van der Waals surface area contributed by atoms with Gasteiger partial charge in [0, 0.05) is 17.0 Å². The number of hydrogen-bond donors (Lipinski definition) is 0. The molecule has 0 atom stereocenters. The number of hydrazone groups is 1. The molecule has 1 aliphatic rings. The molecule has 2 aromatic carbocycles. The molecule has 27 heavy (non-hydrogen) atoms. The minimum Gasteiger partial charge on any atom is -0.246 e. The molecule has 0 N–H and O–H groups in total. The van der Waals surface area contributed by atoms with Gasteiger partial charge in [-0.05, 0) is 42.0 Å². The van der Waals surface area contributed by atoms with Crippen molar-refractivity contribution in [3.8, 4) is 0 Å². The first-order chi connectivity index (χ1) is 12.8.